The van der Waals surface area contributed by atoms with Crippen molar-refractivity contribution in [2.24, 2.45) is 13.0 Å². The van der Waals surface area contributed by atoms with E-state index in [2.05, 4.69) is 17.6 Å². The molecule has 4 heteroatoms. The third-order valence-electron chi connectivity index (χ3n) is 3.77. The third kappa shape index (κ3) is 3.35. The number of piperidine rings is 1. The van der Waals surface area contributed by atoms with E-state index in [1.807, 2.05) is 30.1 Å². The van der Waals surface area contributed by atoms with E-state index in [-0.39, 0.29) is 11.9 Å². The van der Waals surface area contributed by atoms with Gasteiger partial charge < -0.3 is 15.2 Å². The highest BCUT2D eigenvalue weighted by Gasteiger charge is 2.25. The molecule has 1 aliphatic rings. The lowest BCUT2D eigenvalue weighted by molar-refractivity contribution is -0.124. The highest BCUT2D eigenvalue weighted by Crippen LogP contribution is 2.19. The first-order chi connectivity index (χ1) is 8.69. The molecule has 1 aliphatic heterocycles. The van der Waals surface area contributed by atoms with Crippen LogP contribution in [0.1, 0.15) is 31.7 Å². The second kappa shape index (κ2) is 6.05. The van der Waals surface area contributed by atoms with Gasteiger partial charge in [0.25, 0.3) is 0 Å². The molecule has 0 aliphatic carbocycles. The zero-order chi connectivity index (χ0) is 13.0. The van der Waals surface area contributed by atoms with E-state index in [1.54, 1.807) is 0 Å². The predicted molar refractivity (Wildman–Crippen MR) is 72.1 cm³/mol. The molecule has 2 heterocycles. The molecule has 2 unspecified atom stereocenters. The van der Waals surface area contributed by atoms with Crippen molar-refractivity contribution in [1.29, 1.82) is 0 Å². The number of hydrogen-bond donors (Lipinski definition) is 2. The van der Waals surface area contributed by atoms with E-state index >= 15 is 0 Å². The molecule has 0 radical (unpaired) electrons. The Kier molecular flexibility index (Phi) is 4.42. The third-order valence-corrected chi connectivity index (χ3v) is 3.77. The molecule has 18 heavy (non-hydrogen) atoms. The monoisotopic (exact) mass is 249 g/mol. The lowest BCUT2D eigenvalue weighted by Gasteiger charge is -2.28. The molecule has 0 aromatic carbocycles. The second-order valence-electron chi connectivity index (χ2n) is 5.21. The number of aromatic nitrogens is 1. The highest BCUT2D eigenvalue weighted by atomic mass is 16.2. The molecule has 2 atom stereocenters. The minimum absolute atomic E-state index is 0.00703. The van der Waals surface area contributed by atoms with E-state index in [1.165, 1.54) is 12.8 Å². The molecule has 0 bridgehead atoms. The van der Waals surface area contributed by atoms with Gasteiger partial charge in [-0.15, -0.1) is 0 Å². The lowest BCUT2D eigenvalue weighted by Crippen LogP contribution is -2.48. The van der Waals surface area contributed by atoms with Gasteiger partial charge >= 0.3 is 0 Å². The molecular formula is C14H23N3O. The van der Waals surface area contributed by atoms with Gasteiger partial charge in [-0.05, 0) is 36.9 Å². The van der Waals surface area contributed by atoms with Crippen molar-refractivity contribution < 1.29 is 4.79 Å². The van der Waals surface area contributed by atoms with E-state index in [9.17, 15) is 4.79 Å². The van der Waals surface area contributed by atoms with E-state index in [0.29, 0.717) is 12.5 Å². The maximum atomic E-state index is 12.1. The first-order valence-electron chi connectivity index (χ1n) is 6.81. The molecule has 0 spiro atoms. The molecule has 4 nitrogen and oxygen atoms in total. The maximum absolute atomic E-state index is 12.1. The fraction of sp³-hybridized carbons (Fsp3) is 0.643. The van der Waals surface area contributed by atoms with E-state index < -0.39 is 0 Å². The average Bonchev–Trinajstić information content (AvgIpc) is 2.82. The Balaban J connectivity index is 1.80. The largest absolute Gasteiger partial charge is 0.357 e. The number of amides is 1. The summed E-state index contributed by atoms with van der Waals surface area (Å²) < 4.78 is 1.99. The van der Waals surface area contributed by atoms with Crippen LogP contribution in [0.4, 0.5) is 0 Å². The number of carbonyl (C=O) groups is 1. The van der Waals surface area contributed by atoms with Gasteiger partial charge in [0.2, 0.25) is 5.91 Å². The average molecular weight is 249 g/mol. The first kappa shape index (κ1) is 13.1. The van der Waals surface area contributed by atoms with Crippen molar-refractivity contribution >= 4 is 5.91 Å². The van der Waals surface area contributed by atoms with E-state index in [0.717, 1.165) is 18.5 Å². The van der Waals surface area contributed by atoms with Crippen molar-refractivity contribution in [2.45, 2.75) is 38.8 Å². The summed E-state index contributed by atoms with van der Waals surface area (Å²) in [5.74, 6) is 0.829. The smallest absolute Gasteiger partial charge is 0.237 e. The molecule has 2 rings (SSSR count). The van der Waals surface area contributed by atoms with Gasteiger partial charge in [0.05, 0.1) is 6.04 Å². The summed E-state index contributed by atoms with van der Waals surface area (Å²) in [5, 5.41) is 6.32. The summed E-state index contributed by atoms with van der Waals surface area (Å²) in [4.78, 5) is 12.1. The van der Waals surface area contributed by atoms with Crippen LogP contribution in [0, 0.1) is 5.92 Å². The number of carbonyl (C=O) groups excluding carboxylic acids is 1. The highest BCUT2D eigenvalue weighted by molar-refractivity contribution is 5.81. The molecule has 2 N–H and O–H groups in total. The Hall–Kier alpha value is -1.29. The standard InChI is InChI=1S/C14H23N3O/c1-3-11-4-6-15-13(8-11)14(18)16-9-12-5-7-17(2)10-12/h5,7,10-11,13,15H,3-4,6,8-9H2,1-2H3,(H,16,18). The lowest BCUT2D eigenvalue weighted by atomic mass is 9.90. The zero-order valence-corrected chi connectivity index (χ0v) is 11.3. The summed E-state index contributed by atoms with van der Waals surface area (Å²) >= 11 is 0. The van der Waals surface area contributed by atoms with Crippen molar-refractivity contribution in [3.8, 4) is 0 Å². The predicted octanol–water partition coefficient (Wildman–Crippen LogP) is 1.42. The molecule has 1 aromatic rings. The van der Waals surface area contributed by atoms with Crippen molar-refractivity contribution in [2.75, 3.05) is 6.54 Å². The summed E-state index contributed by atoms with van der Waals surface area (Å²) in [7, 11) is 1.99. The molecule has 1 saturated heterocycles. The van der Waals surface area contributed by atoms with Gasteiger partial charge in [0.15, 0.2) is 0 Å². The number of nitrogens with zero attached hydrogens (tertiary/aromatic N) is 1. The van der Waals surface area contributed by atoms with Crippen molar-refractivity contribution in [3.05, 3.63) is 24.0 Å². The molecule has 1 amide bonds. The maximum Gasteiger partial charge on any atom is 0.237 e. The van der Waals surface area contributed by atoms with Gasteiger partial charge in [0, 0.05) is 26.0 Å². The normalized spacial score (nSPS) is 23.9. The van der Waals surface area contributed by atoms with Crippen LogP contribution < -0.4 is 10.6 Å². The number of nitrogens with one attached hydrogen (secondary N) is 2. The summed E-state index contributed by atoms with van der Waals surface area (Å²) in [6.45, 7) is 3.78. The van der Waals surface area contributed by atoms with Gasteiger partial charge in [0.1, 0.15) is 0 Å². The van der Waals surface area contributed by atoms with Gasteiger partial charge in [-0.2, -0.15) is 0 Å². The topological polar surface area (TPSA) is 46.1 Å². The van der Waals surface area contributed by atoms with Crippen LogP contribution in [-0.2, 0) is 18.4 Å². The fourth-order valence-corrected chi connectivity index (χ4v) is 2.54. The van der Waals surface area contributed by atoms with Crippen LogP contribution in [-0.4, -0.2) is 23.1 Å². The number of hydrogen-bond acceptors (Lipinski definition) is 2. The Morgan fingerprint density at radius 2 is 2.44 bits per heavy atom. The zero-order valence-electron chi connectivity index (χ0n) is 11.3. The minimum atomic E-state index is -0.00703. The Morgan fingerprint density at radius 3 is 3.11 bits per heavy atom. The molecular weight excluding hydrogens is 226 g/mol. The SMILES string of the molecule is CCC1CCNC(C(=O)NCc2ccn(C)c2)C1. The van der Waals surface area contributed by atoms with Crippen LogP contribution in [0.5, 0.6) is 0 Å². The van der Waals surface area contributed by atoms with Crippen LogP contribution in [0.15, 0.2) is 18.5 Å². The molecule has 1 aromatic heterocycles. The fourth-order valence-electron chi connectivity index (χ4n) is 2.54. The van der Waals surface area contributed by atoms with E-state index in [4.69, 9.17) is 0 Å². The van der Waals surface area contributed by atoms with Crippen LogP contribution in [0.25, 0.3) is 0 Å². The summed E-state index contributed by atoms with van der Waals surface area (Å²) in [6.07, 6.45) is 7.36. The minimum Gasteiger partial charge on any atom is -0.357 e. The first-order valence-corrected chi connectivity index (χ1v) is 6.81. The van der Waals surface area contributed by atoms with Crippen LogP contribution in [0.2, 0.25) is 0 Å². The Labute approximate surface area is 109 Å². The summed E-state index contributed by atoms with van der Waals surface area (Å²) in [5.41, 5.74) is 1.15. The van der Waals surface area contributed by atoms with Crippen molar-refractivity contribution in [3.63, 3.8) is 0 Å². The van der Waals surface area contributed by atoms with Crippen molar-refractivity contribution in [1.82, 2.24) is 15.2 Å². The molecule has 100 valence electrons. The number of rotatable bonds is 4. The molecule has 1 fully saturated rings. The quantitative estimate of drug-likeness (QED) is 0.847. The second-order valence-corrected chi connectivity index (χ2v) is 5.21. The van der Waals surface area contributed by atoms with Crippen LogP contribution in [0.3, 0.4) is 0 Å². The molecule has 0 saturated carbocycles. The van der Waals surface area contributed by atoms with Gasteiger partial charge in [-0.25, -0.2) is 0 Å². The number of aryl methyl sites for hydroxylation is 1. The van der Waals surface area contributed by atoms with Gasteiger partial charge in [-0.1, -0.05) is 13.3 Å². The Morgan fingerprint density at radius 1 is 1.61 bits per heavy atom. The van der Waals surface area contributed by atoms with Crippen LogP contribution >= 0.6 is 0 Å². The van der Waals surface area contributed by atoms with Gasteiger partial charge in [-0.3, -0.25) is 4.79 Å². The summed E-state index contributed by atoms with van der Waals surface area (Å²) in [6, 6.07) is 2.02. The Bertz CT molecular complexity index is 399.